The summed E-state index contributed by atoms with van der Waals surface area (Å²) in [5.74, 6) is 0. The van der Waals surface area contributed by atoms with Crippen LogP contribution in [0.3, 0.4) is 0 Å². The summed E-state index contributed by atoms with van der Waals surface area (Å²) in [6.07, 6.45) is -5.10. The lowest BCUT2D eigenvalue weighted by Gasteiger charge is -2.22. The van der Waals surface area contributed by atoms with Gasteiger partial charge in [-0.15, -0.1) is 0 Å². The third kappa shape index (κ3) is 5.41. The van der Waals surface area contributed by atoms with E-state index in [-0.39, 0.29) is 5.41 Å². The Morgan fingerprint density at radius 1 is 1.05 bits per heavy atom. The largest absolute Gasteiger partial charge is 0.393 e. The van der Waals surface area contributed by atoms with E-state index in [2.05, 4.69) is 10.6 Å². The van der Waals surface area contributed by atoms with Crippen molar-refractivity contribution in [1.82, 2.24) is 5.32 Å². The summed E-state index contributed by atoms with van der Waals surface area (Å²) in [4.78, 5) is 0. The van der Waals surface area contributed by atoms with Crippen molar-refractivity contribution in [2.24, 2.45) is 0 Å². The van der Waals surface area contributed by atoms with Crippen LogP contribution < -0.4 is 10.6 Å². The second kappa shape index (κ2) is 6.48. The van der Waals surface area contributed by atoms with Gasteiger partial charge in [-0.3, -0.25) is 0 Å². The minimum atomic E-state index is -4.20. The summed E-state index contributed by atoms with van der Waals surface area (Å²) < 4.78 is 38.1. The number of alkyl halides is 3. The summed E-state index contributed by atoms with van der Waals surface area (Å²) in [7, 11) is 1.81. The van der Waals surface area contributed by atoms with Gasteiger partial charge < -0.3 is 10.6 Å². The maximum atomic E-state index is 12.7. The summed E-state index contributed by atoms with van der Waals surface area (Å²) in [6, 6.07) is 5.30. The third-order valence-electron chi connectivity index (χ3n) is 3.05. The van der Waals surface area contributed by atoms with Gasteiger partial charge in [-0.2, -0.15) is 13.2 Å². The lowest BCUT2D eigenvalue weighted by atomic mass is 9.85. The van der Waals surface area contributed by atoms with Gasteiger partial charge in [0.25, 0.3) is 0 Å². The van der Waals surface area contributed by atoms with Crippen molar-refractivity contribution < 1.29 is 13.2 Å². The SMILES string of the molecule is CNCCNc1ccc(C(C)(C)C)cc1CC(F)(F)F. The molecule has 5 heteroatoms. The Kier molecular flexibility index (Phi) is 5.45. The average molecular weight is 288 g/mol. The van der Waals surface area contributed by atoms with E-state index in [1.165, 1.54) is 0 Å². The highest BCUT2D eigenvalue weighted by Gasteiger charge is 2.29. The van der Waals surface area contributed by atoms with Crippen molar-refractivity contribution in [2.75, 3.05) is 25.5 Å². The Labute approximate surface area is 118 Å². The first kappa shape index (κ1) is 16.8. The van der Waals surface area contributed by atoms with Crippen LogP contribution in [0.15, 0.2) is 18.2 Å². The van der Waals surface area contributed by atoms with Gasteiger partial charge >= 0.3 is 6.18 Å². The molecule has 0 saturated heterocycles. The van der Waals surface area contributed by atoms with Crippen LogP contribution in [-0.4, -0.2) is 26.3 Å². The molecular weight excluding hydrogens is 265 g/mol. The number of halogens is 3. The molecule has 0 spiro atoms. The third-order valence-corrected chi connectivity index (χ3v) is 3.05. The summed E-state index contributed by atoms with van der Waals surface area (Å²) in [6.45, 7) is 7.28. The lowest BCUT2D eigenvalue weighted by molar-refractivity contribution is -0.127. The average Bonchev–Trinajstić information content (AvgIpc) is 2.28. The Balaban J connectivity index is 3.03. The van der Waals surface area contributed by atoms with Crippen LogP contribution in [0.2, 0.25) is 0 Å². The Bertz CT molecular complexity index is 434. The molecule has 1 aromatic carbocycles. The molecule has 0 heterocycles. The van der Waals surface area contributed by atoms with E-state index in [4.69, 9.17) is 0 Å². The van der Waals surface area contributed by atoms with E-state index in [9.17, 15) is 13.2 Å². The molecule has 0 fully saturated rings. The monoisotopic (exact) mass is 288 g/mol. The molecule has 0 amide bonds. The molecule has 1 rings (SSSR count). The maximum Gasteiger partial charge on any atom is 0.393 e. The van der Waals surface area contributed by atoms with Gasteiger partial charge in [-0.25, -0.2) is 0 Å². The van der Waals surface area contributed by atoms with Crippen molar-refractivity contribution in [2.45, 2.75) is 38.8 Å². The lowest BCUT2D eigenvalue weighted by Crippen LogP contribution is -2.20. The van der Waals surface area contributed by atoms with Crippen molar-refractivity contribution >= 4 is 5.69 Å². The molecular formula is C15H23F3N2. The second-order valence-corrected chi connectivity index (χ2v) is 5.94. The van der Waals surface area contributed by atoms with Crippen molar-refractivity contribution in [3.8, 4) is 0 Å². The highest BCUT2D eigenvalue weighted by molar-refractivity contribution is 5.54. The molecule has 0 aliphatic carbocycles. The van der Waals surface area contributed by atoms with Gasteiger partial charge in [0.2, 0.25) is 0 Å². The van der Waals surface area contributed by atoms with Crippen LogP contribution in [0.1, 0.15) is 31.9 Å². The molecule has 2 nitrogen and oxygen atoms in total. The number of nitrogens with one attached hydrogen (secondary N) is 2. The highest BCUT2D eigenvalue weighted by atomic mass is 19.4. The fourth-order valence-electron chi connectivity index (χ4n) is 1.92. The van der Waals surface area contributed by atoms with E-state index >= 15 is 0 Å². The fraction of sp³-hybridized carbons (Fsp3) is 0.600. The van der Waals surface area contributed by atoms with Crippen molar-refractivity contribution in [1.29, 1.82) is 0 Å². The molecule has 0 aliphatic heterocycles. The zero-order chi connectivity index (χ0) is 15.4. The maximum absolute atomic E-state index is 12.7. The van der Waals surface area contributed by atoms with Gasteiger partial charge in [0, 0.05) is 18.8 Å². The van der Waals surface area contributed by atoms with Gasteiger partial charge in [-0.1, -0.05) is 32.9 Å². The van der Waals surface area contributed by atoms with E-state index in [0.717, 1.165) is 5.56 Å². The molecule has 0 bridgehead atoms. The highest BCUT2D eigenvalue weighted by Crippen LogP contribution is 2.31. The fourth-order valence-corrected chi connectivity index (χ4v) is 1.92. The molecule has 1 aromatic rings. The van der Waals surface area contributed by atoms with Crippen molar-refractivity contribution in [3.05, 3.63) is 29.3 Å². The minimum Gasteiger partial charge on any atom is -0.384 e. The predicted octanol–water partition coefficient (Wildman–Crippen LogP) is 3.72. The van der Waals surface area contributed by atoms with E-state index in [0.29, 0.717) is 24.3 Å². The Morgan fingerprint density at radius 3 is 2.20 bits per heavy atom. The summed E-state index contributed by atoms with van der Waals surface area (Å²) in [5, 5.41) is 6.01. The molecule has 0 radical (unpaired) electrons. The molecule has 0 aliphatic rings. The van der Waals surface area contributed by atoms with E-state index < -0.39 is 12.6 Å². The van der Waals surface area contributed by atoms with E-state index in [1.807, 2.05) is 26.8 Å². The van der Waals surface area contributed by atoms with Gasteiger partial charge in [-0.05, 0) is 29.7 Å². The van der Waals surface area contributed by atoms with E-state index in [1.54, 1.807) is 19.2 Å². The molecule has 0 saturated carbocycles. The van der Waals surface area contributed by atoms with Crippen LogP contribution in [-0.2, 0) is 11.8 Å². The molecule has 0 aromatic heterocycles. The molecule has 2 N–H and O–H groups in total. The van der Waals surface area contributed by atoms with Crippen LogP contribution >= 0.6 is 0 Å². The van der Waals surface area contributed by atoms with Crippen LogP contribution in [0.5, 0.6) is 0 Å². The molecule has 114 valence electrons. The Morgan fingerprint density at radius 2 is 1.70 bits per heavy atom. The van der Waals surface area contributed by atoms with Crippen LogP contribution in [0, 0.1) is 0 Å². The smallest absolute Gasteiger partial charge is 0.384 e. The summed E-state index contributed by atoms with van der Waals surface area (Å²) in [5.41, 5.74) is 1.62. The molecule has 0 atom stereocenters. The first-order valence-corrected chi connectivity index (χ1v) is 6.72. The topological polar surface area (TPSA) is 24.1 Å². The van der Waals surface area contributed by atoms with Crippen molar-refractivity contribution in [3.63, 3.8) is 0 Å². The summed E-state index contributed by atoms with van der Waals surface area (Å²) >= 11 is 0. The standard InChI is InChI=1S/C15H23F3N2/c1-14(2,3)12-5-6-13(20-8-7-19-4)11(9-12)10-15(16,17)18/h5-6,9,19-20H,7-8,10H2,1-4H3. The number of likely N-dealkylation sites (N-methyl/N-ethyl adjacent to an activating group) is 1. The normalized spacial score (nSPS) is 12.6. The number of rotatable bonds is 5. The van der Waals surface area contributed by atoms with Crippen LogP contribution in [0.4, 0.5) is 18.9 Å². The molecule has 0 unspecified atom stereocenters. The Hall–Kier alpha value is -1.23. The number of hydrogen-bond donors (Lipinski definition) is 2. The number of anilines is 1. The zero-order valence-corrected chi connectivity index (χ0v) is 12.5. The van der Waals surface area contributed by atoms with Gasteiger partial charge in [0.15, 0.2) is 0 Å². The minimum absolute atomic E-state index is 0.163. The van der Waals surface area contributed by atoms with Gasteiger partial charge in [0.05, 0.1) is 6.42 Å². The first-order valence-electron chi connectivity index (χ1n) is 6.72. The number of benzene rings is 1. The zero-order valence-electron chi connectivity index (χ0n) is 12.5. The molecule has 20 heavy (non-hydrogen) atoms. The second-order valence-electron chi connectivity index (χ2n) is 5.94. The number of hydrogen-bond acceptors (Lipinski definition) is 2. The quantitative estimate of drug-likeness (QED) is 0.807. The van der Waals surface area contributed by atoms with Crippen LogP contribution in [0.25, 0.3) is 0 Å². The first-order chi connectivity index (χ1) is 9.13. The van der Waals surface area contributed by atoms with Gasteiger partial charge in [0.1, 0.15) is 0 Å². The predicted molar refractivity (Wildman–Crippen MR) is 77.3 cm³/mol.